The van der Waals surface area contributed by atoms with Crippen LogP contribution in [-0.4, -0.2) is 12.6 Å². The molecule has 1 aliphatic heterocycles. The summed E-state index contributed by atoms with van der Waals surface area (Å²) in [6.07, 6.45) is 3.96. The van der Waals surface area contributed by atoms with Crippen molar-refractivity contribution in [2.75, 3.05) is 11.4 Å². The fraction of sp³-hybridized carbons (Fsp3) is 0.538. The minimum atomic E-state index is 0.566. The van der Waals surface area contributed by atoms with Crippen LogP contribution in [0, 0.1) is 0 Å². The number of nitrogens with zero attached hydrogens (tertiary/aromatic N) is 1. The minimum absolute atomic E-state index is 0.566. The number of rotatable bonds is 2. The highest BCUT2D eigenvalue weighted by Gasteiger charge is 2.18. The van der Waals surface area contributed by atoms with E-state index in [0.717, 1.165) is 10.0 Å². The van der Waals surface area contributed by atoms with E-state index in [9.17, 15) is 0 Å². The third kappa shape index (κ3) is 2.54. The van der Waals surface area contributed by atoms with Gasteiger partial charge in [-0.3, -0.25) is 0 Å². The van der Waals surface area contributed by atoms with Crippen LogP contribution in [0.4, 0.5) is 5.69 Å². The van der Waals surface area contributed by atoms with E-state index in [1.54, 1.807) is 0 Å². The van der Waals surface area contributed by atoms with E-state index in [2.05, 4.69) is 46.0 Å². The molecule has 1 aliphatic rings. The SMILES string of the molecule is CC1CCCCN1c1ccc(CCl)c(Br)c1. The lowest BCUT2D eigenvalue weighted by Gasteiger charge is -2.35. The third-order valence-corrected chi connectivity index (χ3v) is 4.34. The third-order valence-electron chi connectivity index (χ3n) is 3.32. The van der Waals surface area contributed by atoms with Crippen LogP contribution in [0.15, 0.2) is 22.7 Å². The second-order valence-electron chi connectivity index (χ2n) is 4.45. The Morgan fingerprint density at radius 1 is 1.44 bits per heavy atom. The zero-order valence-electron chi connectivity index (χ0n) is 9.55. The maximum atomic E-state index is 5.86. The Labute approximate surface area is 111 Å². The number of anilines is 1. The summed E-state index contributed by atoms with van der Waals surface area (Å²) in [4.78, 5) is 2.49. The summed E-state index contributed by atoms with van der Waals surface area (Å²) in [5.41, 5.74) is 2.48. The van der Waals surface area contributed by atoms with E-state index in [0.29, 0.717) is 11.9 Å². The summed E-state index contributed by atoms with van der Waals surface area (Å²) < 4.78 is 1.12. The molecule has 1 aromatic rings. The van der Waals surface area contributed by atoms with Gasteiger partial charge >= 0.3 is 0 Å². The molecule has 3 heteroatoms. The Morgan fingerprint density at radius 2 is 2.25 bits per heavy atom. The van der Waals surface area contributed by atoms with E-state index in [1.165, 1.54) is 31.5 Å². The Hall–Kier alpha value is -0.210. The Morgan fingerprint density at radius 3 is 2.88 bits per heavy atom. The van der Waals surface area contributed by atoms with Gasteiger partial charge in [-0.05, 0) is 43.9 Å². The molecule has 0 bridgehead atoms. The number of piperidine rings is 1. The summed E-state index contributed by atoms with van der Waals surface area (Å²) in [6, 6.07) is 7.15. The number of alkyl halides is 1. The quantitative estimate of drug-likeness (QED) is 0.724. The molecule has 0 aromatic heterocycles. The fourth-order valence-corrected chi connectivity index (χ4v) is 3.21. The van der Waals surface area contributed by atoms with Gasteiger partial charge in [0.25, 0.3) is 0 Å². The Balaban J connectivity index is 2.22. The van der Waals surface area contributed by atoms with Crippen molar-refractivity contribution in [3.63, 3.8) is 0 Å². The molecule has 1 heterocycles. The zero-order valence-corrected chi connectivity index (χ0v) is 11.9. The van der Waals surface area contributed by atoms with Crippen LogP contribution >= 0.6 is 27.5 Å². The van der Waals surface area contributed by atoms with E-state index in [-0.39, 0.29) is 0 Å². The zero-order chi connectivity index (χ0) is 11.5. The summed E-state index contributed by atoms with van der Waals surface area (Å²) in [6.45, 7) is 3.48. The van der Waals surface area contributed by atoms with E-state index in [1.807, 2.05) is 0 Å². The van der Waals surface area contributed by atoms with Crippen molar-refractivity contribution in [3.05, 3.63) is 28.2 Å². The topological polar surface area (TPSA) is 3.24 Å². The molecule has 16 heavy (non-hydrogen) atoms. The molecule has 1 unspecified atom stereocenters. The van der Waals surface area contributed by atoms with E-state index in [4.69, 9.17) is 11.6 Å². The van der Waals surface area contributed by atoms with Crippen molar-refractivity contribution in [1.29, 1.82) is 0 Å². The normalized spacial score (nSPS) is 21.2. The first kappa shape index (κ1) is 12.3. The minimum Gasteiger partial charge on any atom is -0.369 e. The molecule has 2 rings (SSSR count). The highest BCUT2D eigenvalue weighted by Crippen LogP contribution is 2.29. The molecular formula is C13H17BrClN. The largest absolute Gasteiger partial charge is 0.369 e. The molecule has 1 nitrogen and oxygen atoms in total. The number of halogens is 2. The van der Waals surface area contributed by atoms with Gasteiger partial charge in [0.05, 0.1) is 0 Å². The fourth-order valence-electron chi connectivity index (χ4n) is 2.30. The molecule has 1 atom stereocenters. The second-order valence-corrected chi connectivity index (χ2v) is 5.57. The van der Waals surface area contributed by atoms with E-state index < -0.39 is 0 Å². The highest BCUT2D eigenvalue weighted by atomic mass is 79.9. The van der Waals surface area contributed by atoms with Crippen LogP contribution in [0.1, 0.15) is 31.7 Å². The lowest BCUT2D eigenvalue weighted by Crippen LogP contribution is -2.37. The van der Waals surface area contributed by atoms with Gasteiger partial charge in [-0.2, -0.15) is 0 Å². The summed E-state index contributed by atoms with van der Waals surface area (Å²) in [5, 5.41) is 0. The molecule has 0 aliphatic carbocycles. The first-order chi connectivity index (χ1) is 7.72. The van der Waals surface area contributed by atoms with E-state index >= 15 is 0 Å². The number of hydrogen-bond donors (Lipinski definition) is 0. The molecule has 0 saturated carbocycles. The van der Waals surface area contributed by atoms with Crippen molar-refractivity contribution < 1.29 is 0 Å². The summed E-state index contributed by atoms with van der Waals surface area (Å²) in [5.74, 6) is 0.566. The van der Waals surface area contributed by atoms with Crippen molar-refractivity contribution in [3.8, 4) is 0 Å². The van der Waals surface area contributed by atoms with Gasteiger partial charge < -0.3 is 4.90 Å². The van der Waals surface area contributed by atoms with Crippen LogP contribution in [0.2, 0.25) is 0 Å². The summed E-state index contributed by atoms with van der Waals surface area (Å²) >= 11 is 9.44. The molecule has 0 radical (unpaired) electrons. The lowest BCUT2D eigenvalue weighted by molar-refractivity contribution is 0.485. The molecule has 1 aromatic carbocycles. The van der Waals surface area contributed by atoms with Crippen molar-refractivity contribution >= 4 is 33.2 Å². The van der Waals surface area contributed by atoms with Gasteiger partial charge in [-0.1, -0.05) is 22.0 Å². The molecule has 1 fully saturated rings. The van der Waals surface area contributed by atoms with Gasteiger partial charge in [0.15, 0.2) is 0 Å². The number of hydrogen-bond acceptors (Lipinski definition) is 1. The van der Waals surface area contributed by atoms with Gasteiger partial charge in [-0.15, -0.1) is 11.6 Å². The van der Waals surface area contributed by atoms with Crippen molar-refractivity contribution in [2.45, 2.75) is 38.1 Å². The molecule has 88 valence electrons. The Bertz CT molecular complexity index is 367. The predicted molar refractivity (Wildman–Crippen MR) is 74.4 cm³/mol. The maximum absolute atomic E-state index is 5.86. The first-order valence-corrected chi connectivity index (χ1v) is 7.16. The smallest absolute Gasteiger partial charge is 0.0485 e. The van der Waals surface area contributed by atoms with Crippen LogP contribution < -0.4 is 4.90 Å². The molecule has 0 spiro atoms. The number of benzene rings is 1. The molecule has 0 N–H and O–H groups in total. The van der Waals surface area contributed by atoms with Crippen LogP contribution in [0.5, 0.6) is 0 Å². The van der Waals surface area contributed by atoms with Crippen LogP contribution in [-0.2, 0) is 5.88 Å². The molecule has 1 saturated heterocycles. The monoisotopic (exact) mass is 301 g/mol. The lowest BCUT2D eigenvalue weighted by atomic mass is 10.0. The average molecular weight is 303 g/mol. The molecule has 0 amide bonds. The first-order valence-electron chi connectivity index (χ1n) is 5.83. The van der Waals surface area contributed by atoms with Gasteiger partial charge in [0.2, 0.25) is 0 Å². The van der Waals surface area contributed by atoms with Gasteiger partial charge in [0, 0.05) is 28.6 Å². The summed E-state index contributed by atoms with van der Waals surface area (Å²) in [7, 11) is 0. The second kappa shape index (κ2) is 5.42. The predicted octanol–water partition coefficient (Wildman–Crippen LogP) is 4.57. The van der Waals surface area contributed by atoms with Gasteiger partial charge in [0.1, 0.15) is 0 Å². The Kier molecular flexibility index (Phi) is 4.15. The standard InChI is InChI=1S/C13H17BrClN/c1-10-4-2-3-7-16(10)12-6-5-11(9-15)13(14)8-12/h5-6,8,10H,2-4,7,9H2,1H3. The van der Waals surface area contributed by atoms with Crippen molar-refractivity contribution in [2.24, 2.45) is 0 Å². The molecular weight excluding hydrogens is 286 g/mol. The average Bonchev–Trinajstić information content (AvgIpc) is 2.29. The highest BCUT2D eigenvalue weighted by molar-refractivity contribution is 9.10. The maximum Gasteiger partial charge on any atom is 0.0485 e. The van der Waals surface area contributed by atoms with Gasteiger partial charge in [-0.25, -0.2) is 0 Å². The van der Waals surface area contributed by atoms with Crippen LogP contribution in [0.3, 0.4) is 0 Å². The van der Waals surface area contributed by atoms with Crippen molar-refractivity contribution in [1.82, 2.24) is 0 Å². The van der Waals surface area contributed by atoms with Crippen LogP contribution in [0.25, 0.3) is 0 Å².